The van der Waals surface area contributed by atoms with E-state index >= 15 is 0 Å². The standard InChI is InChI=1S/C16H15Cl2NO4S/c17-12-7-4-9-14(16(12)18)24(22,23)19-13-8-2-1-5-11(13)6-3-10-15(20)21/h1-2,4-5,7-9,19H,3,6,10H2,(H,20,21). The Balaban J connectivity index is 2.27. The molecule has 24 heavy (non-hydrogen) atoms. The second kappa shape index (κ2) is 7.88. The summed E-state index contributed by atoms with van der Waals surface area (Å²) >= 11 is 11.9. The maximum Gasteiger partial charge on any atom is 0.303 e. The van der Waals surface area contributed by atoms with Gasteiger partial charge in [-0.25, -0.2) is 8.42 Å². The SMILES string of the molecule is O=C(O)CCCc1ccccc1NS(=O)(=O)c1cccc(Cl)c1Cl. The highest BCUT2D eigenvalue weighted by atomic mass is 35.5. The van der Waals surface area contributed by atoms with E-state index in [4.69, 9.17) is 28.3 Å². The first-order valence-corrected chi connectivity index (χ1v) is 9.31. The highest BCUT2D eigenvalue weighted by Crippen LogP contribution is 2.30. The van der Waals surface area contributed by atoms with Gasteiger partial charge in [-0.05, 0) is 36.6 Å². The van der Waals surface area contributed by atoms with Gasteiger partial charge in [-0.2, -0.15) is 0 Å². The van der Waals surface area contributed by atoms with Crippen molar-refractivity contribution in [2.75, 3.05) is 4.72 Å². The second-order valence-corrected chi connectivity index (χ2v) is 7.50. The molecule has 0 fully saturated rings. The van der Waals surface area contributed by atoms with Crippen LogP contribution in [-0.2, 0) is 21.2 Å². The number of anilines is 1. The first-order chi connectivity index (χ1) is 11.3. The number of rotatable bonds is 7. The number of para-hydroxylation sites is 1. The van der Waals surface area contributed by atoms with E-state index in [0.717, 1.165) is 0 Å². The largest absolute Gasteiger partial charge is 0.481 e. The van der Waals surface area contributed by atoms with Crippen molar-refractivity contribution in [3.05, 3.63) is 58.1 Å². The third-order valence-electron chi connectivity index (χ3n) is 3.30. The van der Waals surface area contributed by atoms with E-state index in [0.29, 0.717) is 24.1 Å². The molecule has 128 valence electrons. The van der Waals surface area contributed by atoms with Crippen molar-refractivity contribution < 1.29 is 18.3 Å². The Morgan fingerprint density at radius 1 is 1.08 bits per heavy atom. The molecule has 0 aromatic heterocycles. The summed E-state index contributed by atoms with van der Waals surface area (Å²) in [5.41, 5.74) is 1.10. The first-order valence-electron chi connectivity index (χ1n) is 7.08. The molecule has 0 atom stereocenters. The van der Waals surface area contributed by atoms with Crippen LogP contribution in [0.5, 0.6) is 0 Å². The minimum absolute atomic E-state index is 0.0151. The van der Waals surface area contributed by atoms with Gasteiger partial charge in [0, 0.05) is 6.42 Å². The predicted molar refractivity (Wildman–Crippen MR) is 94.3 cm³/mol. The number of aliphatic carboxylic acids is 1. The number of hydrogen-bond donors (Lipinski definition) is 2. The maximum atomic E-state index is 12.6. The highest BCUT2D eigenvalue weighted by Gasteiger charge is 2.20. The maximum absolute atomic E-state index is 12.6. The van der Waals surface area contributed by atoms with Gasteiger partial charge < -0.3 is 5.11 Å². The van der Waals surface area contributed by atoms with Crippen LogP contribution in [0.25, 0.3) is 0 Å². The van der Waals surface area contributed by atoms with E-state index in [1.165, 1.54) is 18.2 Å². The van der Waals surface area contributed by atoms with Crippen molar-refractivity contribution in [2.45, 2.75) is 24.2 Å². The Morgan fingerprint density at radius 2 is 1.79 bits per heavy atom. The van der Waals surface area contributed by atoms with Gasteiger partial charge >= 0.3 is 5.97 Å². The number of carboxylic acid groups (broad SMARTS) is 1. The summed E-state index contributed by atoms with van der Waals surface area (Å²) in [6.45, 7) is 0. The molecule has 5 nitrogen and oxygen atoms in total. The van der Waals surface area contributed by atoms with Crippen molar-refractivity contribution in [3.8, 4) is 0 Å². The number of hydrogen-bond acceptors (Lipinski definition) is 3. The molecule has 0 aliphatic rings. The van der Waals surface area contributed by atoms with Crippen LogP contribution in [0.3, 0.4) is 0 Å². The predicted octanol–water partition coefficient (Wildman–Crippen LogP) is 4.20. The number of halogens is 2. The van der Waals surface area contributed by atoms with Crippen LogP contribution < -0.4 is 4.72 Å². The van der Waals surface area contributed by atoms with Crippen molar-refractivity contribution >= 4 is 44.9 Å². The van der Waals surface area contributed by atoms with E-state index in [9.17, 15) is 13.2 Å². The van der Waals surface area contributed by atoms with Gasteiger partial charge in [0.05, 0.1) is 15.7 Å². The summed E-state index contributed by atoms with van der Waals surface area (Å²) in [5, 5.41) is 8.81. The van der Waals surface area contributed by atoms with Gasteiger partial charge in [-0.3, -0.25) is 9.52 Å². The molecule has 2 aromatic rings. The normalized spacial score (nSPS) is 11.2. The van der Waals surface area contributed by atoms with Gasteiger partial charge in [-0.1, -0.05) is 47.5 Å². The van der Waals surface area contributed by atoms with Crippen LogP contribution in [-0.4, -0.2) is 19.5 Å². The number of carboxylic acids is 1. The summed E-state index contributed by atoms with van der Waals surface area (Å²) in [6.07, 6.45) is 0.863. The number of sulfonamides is 1. The lowest BCUT2D eigenvalue weighted by Crippen LogP contribution is -2.15. The van der Waals surface area contributed by atoms with Gasteiger partial charge in [0.2, 0.25) is 0 Å². The molecule has 0 saturated carbocycles. The Bertz CT molecular complexity index is 853. The lowest BCUT2D eigenvalue weighted by molar-refractivity contribution is -0.137. The smallest absolute Gasteiger partial charge is 0.303 e. The molecule has 8 heteroatoms. The zero-order valence-electron chi connectivity index (χ0n) is 12.5. The van der Waals surface area contributed by atoms with Gasteiger partial charge in [0.15, 0.2) is 0 Å². The molecular weight excluding hydrogens is 373 g/mol. The molecule has 0 radical (unpaired) electrons. The van der Waals surface area contributed by atoms with Crippen molar-refractivity contribution in [1.29, 1.82) is 0 Å². The third kappa shape index (κ3) is 4.63. The average molecular weight is 388 g/mol. The van der Waals surface area contributed by atoms with E-state index in [2.05, 4.69) is 4.72 Å². The molecule has 0 heterocycles. The number of benzene rings is 2. The number of nitrogens with one attached hydrogen (secondary N) is 1. The number of carbonyl (C=O) groups is 1. The molecule has 2 aromatic carbocycles. The summed E-state index contributed by atoms with van der Waals surface area (Å²) in [6, 6.07) is 11.2. The van der Waals surface area contributed by atoms with Crippen molar-refractivity contribution in [3.63, 3.8) is 0 Å². The van der Waals surface area contributed by atoms with Crippen LogP contribution >= 0.6 is 23.2 Å². The van der Waals surface area contributed by atoms with Gasteiger partial charge in [0.25, 0.3) is 10.0 Å². The van der Waals surface area contributed by atoms with Crippen LogP contribution in [0, 0.1) is 0 Å². The lowest BCUT2D eigenvalue weighted by Gasteiger charge is -2.13. The average Bonchev–Trinajstić information content (AvgIpc) is 2.51. The molecular formula is C16H15Cl2NO4S. The summed E-state index contributed by atoms with van der Waals surface area (Å²) < 4.78 is 27.6. The van der Waals surface area contributed by atoms with E-state index < -0.39 is 16.0 Å². The van der Waals surface area contributed by atoms with E-state index in [-0.39, 0.29) is 21.4 Å². The van der Waals surface area contributed by atoms with E-state index in [1.807, 2.05) is 0 Å². The first kappa shape index (κ1) is 18.6. The number of aryl methyl sites for hydroxylation is 1. The van der Waals surface area contributed by atoms with Crippen molar-refractivity contribution in [1.82, 2.24) is 0 Å². The molecule has 0 aliphatic carbocycles. The molecule has 0 amide bonds. The lowest BCUT2D eigenvalue weighted by atomic mass is 10.1. The van der Waals surface area contributed by atoms with Crippen LogP contribution in [0.1, 0.15) is 18.4 Å². The molecule has 0 spiro atoms. The zero-order chi connectivity index (χ0) is 17.7. The monoisotopic (exact) mass is 387 g/mol. The van der Waals surface area contributed by atoms with Gasteiger partial charge in [-0.15, -0.1) is 0 Å². The molecule has 2 N–H and O–H groups in total. The van der Waals surface area contributed by atoms with E-state index in [1.54, 1.807) is 24.3 Å². The van der Waals surface area contributed by atoms with Crippen LogP contribution in [0.15, 0.2) is 47.4 Å². The summed E-state index contributed by atoms with van der Waals surface area (Å²) in [4.78, 5) is 10.5. The molecule has 0 saturated heterocycles. The Hall–Kier alpha value is -1.76. The summed E-state index contributed by atoms with van der Waals surface area (Å²) in [7, 11) is -3.91. The quantitative estimate of drug-likeness (QED) is 0.745. The van der Waals surface area contributed by atoms with Crippen LogP contribution in [0.2, 0.25) is 10.0 Å². The molecule has 0 unspecified atom stereocenters. The Kier molecular flexibility index (Phi) is 6.10. The van der Waals surface area contributed by atoms with Crippen molar-refractivity contribution in [2.24, 2.45) is 0 Å². The third-order valence-corrected chi connectivity index (χ3v) is 5.64. The van der Waals surface area contributed by atoms with Gasteiger partial charge in [0.1, 0.15) is 4.90 Å². The minimum Gasteiger partial charge on any atom is -0.481 e. The molecule has 2 rings (SSSR count). The Labute approximate surface area is 150 Å². The topological polar surface area (TPSA) is 83.5 Å². The minimum atomic E-state index is -3.91. The fourth-order valence-corrected chi connectivity index (χ4v) is 4.02. The fraction of sp³-hybridized carbons (Fsp3) is 0.188. The zero-order valence-corrected chi connectivity index (χ0v) is 14.8. The summed E-state index contributed by atoms with van der Waals surface area (Å²) in [5.74, 6) is -0.890. The second-order valence-electron chi connectivity index (χ2n) is 5.06. The molecule has 0 aliphatic heterocycles. The van der Waals surface area contributed by atoms with Crippen LogP contribution in [0.4, 0.5) is 5.69 Å². The molecule has 0 bridgehead atoms. The Morgan fingerprint density at radius 3 is 2.50 bits per heavy atom. The highest BCUT2D eigenvalue weighted by molar-refractivity contribution is 7.92. The fourth-order valence-electron chi connectivity index (χ4n) is 2.16.